The van der Waals surface area contributed by atoms with E-state index in [0.29, 0.717) is 23.9 Å². The number of alkyl halides is 1. The van der Waals surface area contributed by atoms with Crippen LogP contribution in [0.5, 0.6) is 5.75 Å². The molecule has 0 amide bonds. The Morgan fingerprint density at radius 2 is 2.28 bits per heavy atom. The lowest BCUT2D eigenvalue weighted by Crippen LogP contribution is -2.02. The molecule has 0 bridgehead atoms. The van der Waals surface area contributed by atoms with Gasteiger partial charge in [0.25, 0.3) is 0 Å². The van der Waals surface area contributed by atoms with Crippen molar-refractivity contribution in [1.82, 2.24) is 9.55 Å². The Balaban J connectivity index is 2.21. The van der Waals surface area contributed by atoms with Gasteiger partial charge in [-0.25, -0.2) is 9.37 Å². The molecule has 0 saturated heterocycles. The molecule has 1 fully saturated rings. The minimum atomic E-state index is -0.372. The quantitative estimate of drug-likeness (QED) is 0.796. The summed E-state index contributed by atoms with van der Waals surface area (Å²) in [4.78, 5) is 4.48. The molecule has 5 heteroatoms. The van der Waals surface area contributed by atoms with Crippen LogP contribution in [-0.2, 0) is 6.42 Å². The van der Waals surface area contributed by atoms with E-state index >= 15 is 0 Å². The maximum absolute atomic E-state index is 13.7. The maximum atomic E-state index is 13.7. The van der Waals surface area contributed by atoms with E-state index in [2.05, 4.69) is 9.55 Å². The predicted octanol–water partition coefficient (Wildman–Crippen LogP) is 3.30. The summed E-state index contributed by atoms with van der Waals surface area (Å²) in [7, 11) is 1.47. The van der Waals surface area contributed by atoms with E-state index in [4.69, 9.17) is 16.3 Å². The molecular weight excluding hydrogens is 255 g/mol. The van der Waals surface area contributed by atoms with E-state index in [1.54, 1.807) is 6.07 Å². The summed E-state index contributed by atoms with van der Waals surface area (Å²) < 4.78 is 20.9. The molecule has 18 heavy (non-hydrogen) atoms. The summed E-state index contributed by atoms with van der Waals surface area (Å²) in [5.41, 5.74) is 1.62. The second kappa shape index (κ2) is 4.43. The standard InChI is InChI=1S/C13H14ClFN2O/c1-18-12-7-11-10(6-9(12)15)16-13(4-5-14)17(11)8-2-3-8/h6-8H,2-5H2,1H3. The molecule has 1 aromatic carbocycles. The normalized spacial score (nSPS) is 15.3. The molecule has 0 radical (unpaired) electrons. The minimum Gasteiger partial charge on any atom is -0.494 e. The lowest BCUT2D eigenvalue weighted by atomic mass is 10.3. The molecule has 3 rings (SSSR count). The van der Waals surface area contributed by atoms with Crippen molar-refractivity contribution in [1.29, 1.82) is 0 Å². The molecule has 3 nitrogen and oxygen atoms in total. The first kappa shape index (κ1) is 11.8. The number of ether oxygens (including phenoxy) is 1. The first-order valence-electron chi connectivity index (χ1n) is 6.05. The van der Waals surface area contributed by atoms with Crippen molar-refractivity contribution in [3.8, 4) is 5.75 Å². The fourth-order valence-corrected chi connectivity index (χ4v) is 2.47. The number of fused-ring (bicyclic) bond motifs is 1. The van der Waals surface area contributed by atoms with Gasteiger partial charge in [0, 0.05) is 30.5 Å². The van der Waals surface area contributed by atoms with E-state index in [-0.39, 0.29) is 11.6 Å². The van der Waals surface area contributed by atoms with Crippen LogP contribution in [0.15, 0.2) is 12.1 Å². The van der Waals surface area contributed by atoms with Crippen molar-refractivity contribution in [3.05, 3.63) is 23.8 Å². The van der Waals surface area contributed by atoms with Crippen molar-refractivity contribution in [2.24, 2.45) is 0 Å². The monoisotopic (exact) mass is 268 g/mol. The Morgan fingerprint density at radius 1 is 1.50 bits per heavy atom. The van der Waals surface area contributed by atoms with Crippen molar-refractivity contribution in [3.63, 3.8) is 0 Å². The molecule has 1 saturated carbocycles. The minimum absolute atomic E-state index is 0.265. The smallest absolute Gasteiger partial charge is 0.167 e. The lowest BCUT2D eigenvalue weighted by molar-refractivity contribution is 0.387. The summed E-state index contributed by atoms with van der Waals surface area (Å²) in [5.74, 6) is 1.36. The highest BCUT2D eigenvalue weighted by molar-refractivity contribution is 6.17. The molecule has 2 aromatic rings. The maximum Gasteiger partial charge on any atom is 0.167 e. The molecule has 1 aliphatic carbocycles. The van der Waals surface area contributed by atoms with Gasteiger partial charge in [0.05, 0.1) is 18.1 Å². The molecule has 0 atom stereocenters. The number of imidazole rings is 1. The van der Waals surface area contributed by atoms with E-state index in [1.807, 2.05) is 0 Å². The Labute approximate surface area is 110 Å². The van der Waals surface area contributed by atoms with E-state index in [0.717, 1.165) is 24.2 Å². The number of benzene rings is 1. The van der Waals surface area contributed by atoms with Gasteiger partial charge in [-0.05, 0) is 12.8 Å². The highest BCUT2D eigenvalue weighted by Gasteiger charge is 2.28. The lowest BCUT2D eigenvalue weighted by Gasteiger charge is -2.07. The average molecular weight is 269 g/mol. The van der Waals surface area contributed by atoms with E-state index < -0.39 is 0 Å². The summed E-state index contributed by atoms with van der Waals surface area (Å²) in [6.45, 7) is 0. The van der Waals surface area contributed by atoms with Gasteiger partial charge in [0.15, 0.2) is 11.6 Å². The van der Waals surface area contributed by atoms with Crippen molar-refractivity contribution < 1.29 is 9.13 Å². The van der Waals surface area contributed by atoms with Gasteiger partial charge in [0.2, 0.25) is 0 Å². The summed E-state index contributed by atoms with van der Waals surface area (Å²) in [6.07, 6.45) is 3.01. The topological polar surface area (TPSA) is 27.1 Å². The molecule has 1 aliphatic rings. The molecule has 0 unspecified atom stereocenters. The predicted molar refractivity (Wildman–Crippen MR) is 68.9 cm³/mol. The zero-order valence-electron chi connectivity index (χ0n) is 10.1. The third kappa shape index (κ3) is 1.85. The SMILES string of the molecule is COc1cc2c(cc1F)nc(CCCl)n2C1CC1. The van der Waals surface area contributed by atoms with Crippen molar-refractivity contribution in [2.75, 3.05) is 13.0 Å². The van der Waals surface area contributed by atoms with Crippen LogP contribution in [0.1, 0.15) is 24.7 Å². The van der Waals surface area contributed by atoms with Gasteiger partial charge in [-0.3, -0.25) is 0 Å². The second-order valence-electron chi connectivity index (χ2n) is 4.54. The van der Waals surface area contributed by atoms with Crippen LogP contribution in [0, 0.1) is 5.82 Å². The third-order valence-electron chi connectivity index (χ3n) is 3.27. The number of halogens is 2. The first-order valence-corrected chi connectivity index (χ1v) is 6.58. The molecular formula is C13H14ClFN2O. The fraction of sp³-hybridized carbons (Fsp3) is 0.462. The highest BCUT2D eigenvalue weighted by Crippen LogP contribution is 2.39. The number of rotatable bonds is 4. The van der Waals surface area contributed by atoms with Gasteiger partial charge < -0.3 is 9.30 Å². The van der Waals surface area contributed by atoms with Gasteiger partial charge in [0.1, 0.15) is 5.82 Å². The summed E-state index contributed by atoms with van der Waals surface area (Å²) in [6, 6.07) is 3.65. The fourth-order valence-electron chi connectivity index (χ4n) is 2.30. The van der Waals surface area contributed by atoms with Crippen LogP contribution in [0.3, 0.4) is 0 Å². The number of hydrogen-bond acceptors (Lipinski definition) is 2. The Kier molecular flexibility index (Phi) is 2.90. The van der Waals surface area contributed by atoms with Gasteiger partial charge in [-0.1, -0.05) is 0 Å². The second-order valence-corrected chi connectivity index (χ2v) is 4.92. The highest BCUT2D eigenvalue weighted by atomic mass is 35.5. The van der Waals surface area contributed by atoms with Crippen LogP contribution >= 0.6 is 11.6 Å². The van der Waals surface area contributed by atoms with Crippen molar-refractivity contribution in [2.45, 2.75) is 25.3 Å². The molecule has 0 spiro atoms. The van der Waals surface area contributed by atoms with Crippen LogP contribution in [0.2, 0.25) is 0 Å². The zero-order valence-corrected chi connectivity index (χ0v) is 10.9. The van der Waals surface area contributed by atoms with Crippen molar-refractivity contribution >= 4 is 22.6 Å². The largest absolute Gasteiger partial charge is 0.494 e. The number of aromatic nitrogens is 2. The number of nitrogens with zero attached hydrogens (tertiary/aromatic N) is 2. The molecule has 1 heterocycles. The molecule has 0 N–H and O–H groups in total. The Morgan fingerprint density at radius 3 is 2.89 bits per heavy atom. The number of hydrogen-bond donors (Lipinski definition) is 0. The third-order valence-corrected chi connectivity index (χ3v) is 3.46. The summed E-state index contributed by atoms with van der Waals surface area (Å²) >= 11 is 5.80. The van der Waals surface area contributed by atoms with Crippen LogP contribution in [0.4, 0.5) is 4.39 Å². The van der Waals surface area contributed by atoms with Gasteiger partial charge >= 0.3 is 0 Å². The van der Waals surface area contributed by atoms with Gasteiger partial charge in [-0.2, -0.15) is 0 Å². The van der Waals surface area contributed by atoms with Crippen LogP contribution in [-0.4, -0.2) is 22.5 Å². The Bertz CT molecular complexity index is 592. The zero-order chi connectivity index (χ0) is 12.7. The van der Waals surface area contributed by atoms with E-state index in [1.165, 1.54) is 13.2 Å². The number of aryl methyl sites for hydroxylation is 1. The van der Waals surface area contributed by atoms with E-state index in [9.17, 15) is 4.39 Å². The summed E-state index contributed by atoms with van der Waals surface area (Å²) in [5, 5.41) is 0. The van der Waals surface area contributed by atoms with Crippen LogP contribution < -0.4 is 4.74 Å². The molecule has 1 aromatic heterocycles. The number of methoxy groups -OCH3 is 1. The van der Waals surface area contributed by atoms with Gasteiger partial charge in [-0.15, -0.1) is 11.6 Å². The Hall–Kier alpha value is -1.29. The van der Waals surface area contributed by atoms with Crippen LogP contribution in [0.25, 0.3) is 11.0 Å². The first-order chi connectivity index (χ1) is 8.74. The molecule has 96 valence electrons. The average Bonchev–Trinajstić information content (AvgIpc) is 3.12. The molecule has 0 aliphatic heterocycles.